The Morgan fingerprint density at radius 2 is 2.40 bits per heavy atom. The number of rotatable bonds is 4. The Morgan fingerprint density at radius 1 is 1.80 bits per heavy atom. The lowest BCUT2D eigenvalue weighted by Crippen LogP contribution is -1.87. The van der Waals surface area contributed by atoms with Gasteiger partial charge in [-0.2, -0.15) is 0 Å². The fourth-order valence-corrected chi connectivity index (χ4v) is 0.556. The number of hydrogen-bond acceptors (Lipinski definition) is 1. The Hall–Kier alpha value is -0.370. The van der Waals surface area contributed by atoms with Crippen molar-refractivity contribution in [3.63, 3.8) is 0 Å². The van der Waals surface area contributed by atoms with Crippen molar-refractivity contribution in [3.8, 4) is 0 Å². The zero-order valence-electron chi connectivity index (χ0n) is 6.01. The van der Waals surface area contributed by atoms with Crippen molar-refractivity contribution < 1.29 is 4.79 Å². The molecule has 0 amide bonds. The fraction of sp³-hybridized carbons (Fsp3) is 0.375. The van der Waals surface area contributed by atoms with Gasteiger partial charge in [0, 0.05) is 10.4 Å². The zero-order valence-corrected chi connectivity index (χ0v) is 7.60. The number of allylic oxidation sites excluding steroid dienone is 3. The predicted molar refractivity (Wildman–Crippen MR) is 47.4 cm³/mol. The van der Waals surface area contributed by atoms with E-state index in [4.69, 9.17) is 0 Å². The van der Waals surface area contributed by atoms with Gasteiger partial charge in [-0.15, -0.1) is 0 Å². The van der Waals surface area contributed by atoms with Gasteiger partial charge in [-0.1, -0.05) is 41.6 Å². The minimum absolute atomic E-state index is 0.351. The monoisotopic (exact) mass is 202 g/mol. The van der Waals surface area contributed by atoms with Crippen molar-refractivity contribution in [2.45, 2.75) is 18.2 Å². The van der Waals surface area contributed by atoms with Crippen LogP contribution >= 0.6 is 15.9 Å². The van der Waals surface area contributed by atoms with Crippen molar-refractivity contribution >= 4 is 22.2 Å². The van der Waals surface area contributed by atoms with Crippen LogP contribution in [0.1, 0.15) is 13.3 Å². The van der Waals surface area contributed by atoms with Crippen LogP contribution in [0.4, 0.5) is 0 Å². The highest BCUT2D eigenvalue weighted by atomic mass is 79.9. The average molecular weight is 203 g/mol. The highest BCUT2D eigenvalue weighted by Crippen LogP contribution is 2.06. The summed E-state index contributed by atoms with van der Waals surface area (Å²) in [6, 6.07) is 0. The van der Waals surface area contributed by atoms with E-state index < -0.39 is 0 Å². The largest absolute Gasteiger partial charge is 0.298 e. The van der Waals surface area contributed by atoms with E-state index in [1.54, 1.807) is 6.08 Å². The molecule has 1 nitrogen and oxygen atoms in total. The van der Waals surface area contributed by atoms with Gasteiger partial charge < -0.3 is 0 Å². The molecule has 0 heterocycles. The second-order valence-electron chi connectivity index (χ2n) is 1.98. The van der Waals surface area contributed by atoms with Crippen molar-refractivity contribution in [2.24, 2.45) is 0 Å². The normalized spacial score (nSPS) is 13.4. The molecule has 0 unspecified atom stereocenters. The van der Waals surface area contributed by atoms with Gasteiger partial charge in [0.2, 0.25) is 0 Å². The van der Waals surface area contributed by atoms with E-state index in [2.05, 4.69) is 29.4 Å². The number of carbonyl (C=O) groups excluding carboxylic acids is 1. The van der Waals surface area contributed by atoms with E-state index in [1.165, 1.54) is 0 Å². The van der Waals surface area contributed by atoms with E-state index >= 15 is 0 Å². The summed E-state index contributed by atoms with van der Waals surface area (Å²) in [5.41, 5.74) is 0.512. The first-order chi connectivity index (χ1) is 4.70. The van der Waals surface area contributed by atoms with Crippen LogP contribution < -0.4 is 0 Å². The van der Waals surface area contributed by atoms with E-state index in [9.17, 15) is 4.79 Å². The first-order valence-corrected chi connectivity index (χ1v) is 4.08. The summed E-state index contributed by atoms with van der Waals surface area (Å²) >= 11 is 3.39. The molecule has 0 aromatic carbocycles. The van der Waals surface area contributed by atoms with E-state index in [-0.39, 0.29) is 0 Å². The summed E-state index contributed by atoms with van der Waals surface area (Å²) < 4.78 is 0. The van der Waals surface area contributed by atoms with E-state index in [1.807, 2.05) is 6.08 Å². The molecule has 2 heteroatoms. The Labute approximate surface area is 69.9 Å². The van der Waals surface area contributed by atoms with Crippen LogP contribution in [0, 0.1) is 0 Å². The van der Waals surface area contributed by atoms with Gasteiger partial charge >= 0.3 is 0 Å². The maximum atomic E-state index is 10.0. The second kappa shape index (κ2) is 5.42. The minimum atomic E-state index is 0.351. The van der Waals surface area contributed by atoms with Crippen LogP contribution in [0.2, 0.25) is 0 Å². The Bertz CT molecular complexity index is 149. The molecule has 10 heavy (non-hydrogen) atoms. The van der Waals surface area contributed by atoms with Gasteiger partial charge in [0.15, 0.2) is 0 Å². The Morgan fingerprint density at radius 3 is 2.80 bits per heavy atom. The topological polar surface area (TPSA) is 17.1 Å². The third-order valence-electron chi connectivity index (χ3n) is 1.06. The molecule has 0 rings (SSSR count). The SMILES string of the molecule is C=C(C=O)/C=C\[C@H](Br)CC. The smallest absolute Gasteiger partial charge is 0.149 e. The lowest BCUT2D eigenvalue weighted by molar-refractivity contribution is -0.104. The zero-order chi connectivity index (χ0) is 7.98. The molecule has 0 aliphatic rings. The van der Waals surface area contributed by atoms with Gasteiger partial charge in [0.25, 0.3) is 0 Å². The molecule has 0 aromatic rings. The molecule has 0 spiro atoms. The highest BCUT2D eigenvalue weighted by Gasteiger charge is 1.91. The maximum absolute atomic E-state index is 10.0. The van der Waals surface area contributed by atoms with Crippen LogP contribution in [0.25, 0.3) is 0 Å². The average Bonchev–Trinajstić information content (AvgIpc) is 1.99. The first-order valence-electron chi connectivity index (χ1n) is 3.17. The first kappa shape index (κ1) is 9.63. The van der Waals surface area contributed by atoms with Crippen LogP contribution in [0.3, 0.4) is 0 Å². The molecule has 0 radical (unpaired) electrons. The second-order valence-corrected chi connectivity index (χ2v) is 3.15. The lowest BCUT2D eigenvalue weighted by atomic mass is 10.2. The molecule has 0 aliphatic heterocycles. The molecule has 0 saturated carbocycles. The summed E-state index contributed by atoms with van der Waals surface area (Å²) in [7, 11) is 0. The molecule has 0 bridgehead atoms. The third kappa shape index (κ3) is 4.50. The van der Waals surface area contributed by atoms with Gasteiger partial charge in [-0.05, 0) is 6.42 Å². The Kier molecular flexibility index (Phi) is 5.22. The number of aldehydes is 1. The summed E-state index contributed by atoms with van der Waals surface area (Å²) in [6.45, 7) is 5.57. The molecule has 0 aliphatic carbocycles. The van der Waals surface area contributed by atoms with Crippen molar-refractivity contribution in [2.75, 3.05) is 0 Å². The van der Waals surface area contributed by atoms with Gasteiger partial charge in [0.1, 0.15) is 6.29 Å². The molecule has 56 valence electrons. The molecular formula is C8H11BrO. The molecule has 0 N–H and O–H groups in total. The number of alkyl halides is 1. The van der Waals surface area contributed by atoms with Crippen LogP contribution in [-0.4, -0.2) is 11.1 Å². The Balaban J connectivity index is 3.74. The quantitative estimate of drug-likeness (QED) is 0.297. The lowest BCUT2D eigenvalue weighted by Gasteiger charge is -1.95. The summed E-state index contributed by atoms with van der Waals surface area (Å²) in [5, 5.41) is 0. The highest BCUT2D eigenvalue weighted by molar-refractivity contribution is 9.09. The minimum Gasteiger partial charge on any atom is -0.298 e. The van der Waals surface area contributed by atoms with Gasteiger partial charge in [0.05, 0.1) is 0 Å². The summed E-state index contributed by atoms with van der Waals surface area (Å²) in [6.07, 6.45) is 5.39. The maximum Gasteiger partial charge on any atom is 0.149 e. The van der Waals surface area contributed by atoms with Crippen LogP contribution in [0.15, 0.2) is 24.3 Å². The van der Waals surface area contributed by atoms with E-state index in [0.29, 0.717) is 10.4 Å². The molecule has 0 fully saturated rings. The van der Waals surface area contributed by atoms with Crippen molar-refractivity contribution in [1.29, 1.82) is 0 Å². The number of halogens is 1. The van der Waals surface area contributed by atoms with Crippen LogP contribution in [0.5, 0.6) is 0 Å². The van der Waals surface area contributed by atoms with Crippen LogP contribution in [-0.2, 0) is 4.79 Å². The summed E-state index contributed by atoms with van der Waals surface area (Å²) in [4.78, 5) is 10.4. The molecule has 0 aromatic heterocycles. The van der Waals surface area contributed by atoms with E-state index in [0.717, 1.165) is 12.7 Å². The van der Waals surface area contributed by atoms with Gasteiger partial charge in [-0.3, -0.25) is 4.79 Å². The molecule has 1 atom stereocenters. The standard InChI is InChI=1S/C8H11BrO/c1-3-8(9)5-4-7(2)6-10/h4-6,8H,2-3H2,1H3/b5-4-/t8-/m1/s1. The predicted octanol–water partition coefficient (Wildman–Crippen LogP) is 2.47. The summed E-state index contributed by atoms with van der Waals surface area (Å²) in [5.74, 6) is 0. The van der Waals surface area contributed by atoms with Crippen molar-refractivity contribution in [1.82, 2.24) is 0 Å². The van der Waals surface area contributed by atoms with Gasteiger partial charge in [-0.25, -0.2) is 0 Å². The third-order valence-corrected chi connectivity index (χ3v) is 2.01. The molecular weight excluding hydrogens is 192 g/mol. The number of hydrogen-bond donors (Lipinski definition) is 0. The fourth-order valence-electron chi connectivity index (χ4n) is 0.403. The van der Waals surface area contributed by atoms with Crippen molar-refractivity contribution in [3.05, 3.63) is 24.3 Å². The molecule has 0 saturated heterocycles. The number of carbonyl (C=O) groups is 1.